The summed E-state index contributed by atoms with van der Waals surface area (Å²) in [5.74, 6) is 0. The average molecular weight is 98.1 g/mol. The minimum Gasteiger partial charge on any atom is -0.317 e. The Morgan fingerprint density at radius 3 is 1.67 bits per heavy atom. The fourth-order valence-corrected chi connectivity index (χ4v) is 0.625. The molecule has 6 heavy (non-hydrogen) atoms. The van der Waals surface area contributed by atoms with Crippen LogP contribution in [0.15, 0.2) is 0 Å². The van der Waals surface area contributed by atoms with Gasteiger partial charge in [-0.1, -0.05) is 0 Å². The number of hydrogen-bond acceptors (Lipinski definition) is 1. The summed E-state index contributed by atoms with van der Waals surface area (Å²) >= 11 is 0. The molecule has 33 valence electrons. The van der Waals surface area contributed by atoms with Gasteiger partial charge in [-0.15, -0.1) is 0 Å². The van der Waals surface area contributed by atoms with Crippen molar-refractivity contribution >= 4 is 17.4 Å². The largest absolute Gasteiger partial charge is 0.317 e. The van der Waals surface area contributed by atoms with Crippen molar-refractivity contribution in [2.45, 2.75) is 12.8 Å². The van der Waals surface area contributed by atoms with Crippen LogP contribution in [0.2, 0.25) is 0 Å². The third kappa shape index (κ3) is 1.82. The quantitative estimate of drug-likeness (QED) is 0.420. The van der Waals surface area contributed by atoms with E-state index in [-0.39, 0.29) is 17.4 Å². The van der Waals surface area contributed by atoms with E-state index in [9.17, 15) is 0 Å². The molecule has 0 atom stereocenters. The van der Waals surface area contributed by atoms with Crippen molar-refractivity contribution in [1.29, 1.82) is 0 Å². The van der Waals surface area contributed by atoms with Crippen LogP contribution in [0.1, 0.15) is 12.8 Å². The molecule has 0 saturated carbocycles. The van der Waals surface area contributed by atoms with E-state index in [4.69, 9.17) is 0 Å². The van der Waals surface area contributed by atoms with Gasteiger partial charge in [0.25, 0.3) is 0 Å². The van der Waals surface area contributed by atoms with Crippen LogP contribution < -0.4 is 5.32 Å². The van der Waals surface area contributed by atoms with Crippen LogP contribution in [0.4, 0.5) is 0 Å². The first-order valence-electron chi connectivity index (χ1n) is 2.21. The fraction of sp³-hybridized carbons (Fsp3) is 1.00. The number of nitrogens with one attached hydrogen (secondary N) is 1. The molecule has 3 radical (unpaired) electrons. The van der Waals surface area contributed by atoms with Crippen molar-refractivity contribution in [2.75, 3.05) is 13.1 Å². The molecule has 0 unspecified atom stereocenters. The summed E-state index contributed by atoms with van der Waals surface area (Å²) in [7, 11) is 0. The van der Waals surface area contributed by atoms with Gasteiger partial charge in [-0.05, 0) is 25.9 Å². The third-order valence-electron chi connectivity index (χ3n) is 0.957. The predicted octanol–water partition coefficient (Wildman–Crippen LogP) is -0.0110. The van der Waals surface area contributed by atoms with Crippen LogP contribution in [-0.2, 0) is 0 Å². The van der Waals surface area contributed by atoms with Crippen LogP contribution >= 0.6 is 0 Å². The zero-order valence-corrected chi connectivity index (χ0v) is 5.06. The Hall–Kier alpha value is 0.492. The Kier molecular flexibility index (Phi) is 3.98. The summed E-state index contributed by atoms with van der Waals surface area (Å²) in [6.45, 7) is 2.50. The Balaban J connectivity index is 0.000000250. The summed E-state index contributed by atoms with van der Waals surface area (Å²) in [6.07, 6.45) is 2.78. The van der Waals surface area contributed by atoms with Crippen molar-refractivity contribution in [1.82, 2.24) is 5.32 Å². The Morgan fingerprint density at radius 2 is 1.50 bits per heavy atom. The molecule has 1 heterocycles. The highest BCUT2D eigenvalue weighted by Gasteiger charge is 1.93. The first-order valence-corrected chi connectivity index (χ1v) is 2.21. The summed E-state index contributed by atoms with van der Waals surface area (Å²) in [5.41, 5.74) is 0. The Bertz CT molecular complexity index is 19.1. The molecule has 0 bridgehead atoms. The van der Waals surface area contributed by atoms with Gasteiger partial charge in [-0.3, -0.25) is 0 Å². The molecule has 1 nitrogen and oxygen atoms in total. The maximum Gasteiger partial charge on any atom is 0 e. The van der Waals surface area contributed by atoms with Crippen LogP contribution in [0.25, 0.3) is 0 Å². The van der Waals surface area contributed by atoms with E-state index in [0.29, 0.717) is 0 Å². The van der Waals surface area contributed by atoms with E-state index in [1.807, 2.05) is 0 Å². The van der Waals surface area contributed by atoms with Crippen molar-refractivity contribution in [2.24, 2.45) is 0 Å². The predicted molar refractivity (Wildman–Crippen MR) is 27.9 cm³/mol. The van der Waals surface area contributed by atoms with Crippen molar-refractivity contribution < 1.29 is 0 Å². The molecule has 0 aromatic rings. The molecule has 1 aliphatic heterocycles. The van der Waals surface area contributed by atoms with Crippen molar-refractivity contribution in [3.63, 3.8) is 0 Å². The Morgan fingerprint density at radius 1 is 1.00 bits per heavy atom. The van der Waals surface area contributed by atoms with Gasteiger partial charge < -0.3 is 5.32 Å². The monoisotopic (exact) mass is 98.1 g/mol. The standard InChI is InChI=1S/C4H9N.Al/c1-2-4-5-3-1;/h5H,1-4H2;. The van der Waals surface area contributed by atoms with Crippen molar-refractivity contribution in [3.8, 4) is 0 Å². The smallest absolute Gasteiger partial charge is 0 e. The van der Waals surface area contributed by atoms with Gasteiger partial charge in [-0.25, -0.2) is 0 Å². The minimum absolute atomic E-state index is 0. The minimum atomic E-state index is 0. The number of hydrogen-bond donors (Lipinski definition) is 1. The normalized spacial score (nSPS) is 20.0. The molecule has 2 heteroatoms. The van der Waals surface area contributed by atoms with Gasteiger partial charge in [0.1, 0.15) is 0 Å². The molecule has 1 aliphatic rings. The van der Waals surface area contributed by atoms with Crippen LogP contribution in [0.3, 0.4) is 0 Å². The maximum absolute atomic E-state index is 3.22. The van der Waals surface area contributed by atoms with Crippen molar-refractivity contribution in [3.05, 3.63) is 0 Å². The molecular formula is C4H9AlN. The summed E-state index contributed by atoms with van der Waals surface area (Å²) in [6, 6.07) is 0. The van der Waals surface area contributed by atoms with Crippen LogP contribution in [-0.4, -0.2) is 30.5 Å². The third-order valence-corrected chi connectivity index (χ3v) is 0.957. The molecule has 0 amide bonds. The van der Waals surface area contributed by atoms with Gasteiger partial charge in [0.15, 0.2) is 0 Å². The van der Waals surface area contributed by atoms with Gasteiger partial charge >= 0.3 is 0 Å². The zero-order chi connectivity index (χ0) is 3.54. The zero-order valence-electron chi connectivity index (χ0n) is 3.91. The topological polar surface area (TPSA) is 12.0 Å². The lowest BCUT2D eigenvalue weighted by Crippen LogP contribution is -2.03. The maximum atomic E-state index is 3.22. The second-order valence-electron chi connectivity index (χ2n) is 1.46. The lowest BCUT2D eigenvalue weighted by atomic mass is 10.4. The molecule has 0 spiro atoms. The molecule has 1 rings (SSSR count). The molecular weight excluding hydrogens is 89.0 g/mol. The van der Waals surface area contributed by atoms with Crippen LogP contribution in [0.5, 0.6) is 0 Å². The lowest BCUT2D eigenvalue weighted by molar-refractivity contribution is 0.857. The number of rotatable bonds is 0. The van der Waals surface area contributed by atoms with E-state index < -0.39 is 0 Å². The van der Waals surface area contributed by atoms with Gasteiger partial charge in [0.05, 0.1) is 0 Å². The van der Waals surface area contributed by atoms with E-state index in [1.165, 1.54) is 25.9 Å². The van der Waals surface area contributed by atoms with E-state index >= 15 is 0 Å². The molecule has 0 aromatic heterocycles. The highest BCUT2D eigenvalue weighted by atomic mass is 27.0. The summed E-state index contributed by atoms with van der Waals surface area (Å²) in [5, 5.41) is 3.22. The molecule has 0 aromatic carbocycles. The fourth-order valence-electron chi connectivity index (χ4n) is 0.625. The second-order valence-corrected chi connectivity index (χ2v) is 1.46. The second kappa shape index (κ2) is 3.67. The first kappa shape index (κ1) is 6.49. The summed E-state index contributed by atoms with van der Waals surface area (Å²) < 4.78 is 0. The average Bonchev–Trinajstić information content (AvgIpc) is 1.76. The summed E-state index contributed by atoms with van der Waals surface area (Å²) in [4.78, 5) is 0. The lowest BCUT2D eigenvalue weighted by Gasteiger charge is -1.76. The Labute approximate surface area is 49.3 Å². The van der Waals surface area contributed by atoms with E-state index in [0.717, 1.165) is 0 Å². The molecule has 0 aliphatic carbocycles. The van der Waals surface area contributed by atoms with Gasteiger partial charge in [0.2, 0.25) is 0 Å². The van der Waals surface area contributed by atoms with Gasteiger partial charge in [-0.2, -0.15) is 0 Å². The highest BCUT2D eigenvalue weighted by Crippen LogP contribution is 1.90. The molecule has 1 fully saturated rings. The van der Waals surface area contributed by atoms with E-state index in [2.05, 4.69) is 5.32 Å². The SMILES string of the molecule is C1CCNC1.[Al]. The molecule has 1 N–H and O–H groups in total. The highest BCUT2D eigenvalue weighted by molar-refractivity contribution is 5.75. The van der Waals surface area contributed by atoms with Gasteiger partial charge in [0, 0.05) is 17.4 Å². The first-order chi connectivity index (χ1) is 2.50. The molecule has 1 saturated heterocycles. The van der Waals surface area contributed by atoms with E-state index in [1.54, 1.807) is 0 Å². The van der Waals surface area contributed by atoms with Crippen LogP contribution in [0, 0.1) is 0 Å².